The summed E-state index contributed by atoms with van der Waals surface area (Å²) in [4.78, 5) is 4.64. The van der Waals surface area contributed by atoms with Crippen molar-refractivity contribution in [3.05, 3.63) is 0 Å². The van der Waals surface area contributed by atoms with Gasteiger partial charge in [0.05, 0.1) is 5.84 Å². The molecule has 0 radical (unpaired) electrons. The van der Waals surface area contributed by atoms with E-state index in [-0.39, 0.29) is 0 Å². The van der Waals surface area contributed by atoms with E-state index in [1.807, 2.05) is 0 Å². The Labute approximate surface area is 106 Å². The van der Waals surface area contributed by atoms with Crippen molar-refractivity contribution in [3.63, 3.8) is 0 Å². The third-order valence-electron chi connectivity index (χ3n) is 4.51. The highest BCUT2D eigenvalue weighted by Crippen LogP contribution is 2.30. The zero-order chi connectivity index (χ0) is 11.9. The fourth-order valence-corrected chi connectivity index (χ4v) is 3.12. The molecule has 0 bridgehead atoms. The summed E-state index contributed by atoms with van der Waals surface area (Å²) < 4.78 is 0. The SMILES string of the molecule is CCC1CCC(CNC2=NCCCCC2)CC1. The first-order chi connectivity index (χ1) is 8.38. The molecule has 2 aliphatic rings. The minimum Gasteiger partial charge on any atom is -0.374 e. The van der Waals surface area contributed by atoms with Crippen LogP contribution in [0.1, 0.15) is 64.7 Å². The maximum Gasteiger partial charge on any atom is 0.0963 e. The lowest BCUT2D eigenvalue weighted by Gasteiger charge is -2.28. The number of rotatable bonds is 3. The second-order valence-corrected chi connectivity index (χ2v) is 5.81. The van der Waals surface area contributed by atoms with E-state index in [4.69, 9.17) is 0 Å². The van der Waals surface area contributed by atoms with Crippen molar-refractivity contribution in [3.8, 4) is 0 Å². The summed E-state index contributed by atoms with van der Waals surface area (Å²) in [6.45, 7) is 4.56. The van der Waals surface area contributed by atoms with Gasteiger partial charge in [0.1, 0.15) is 0 Å². The molecule has 0 aromatic heterocycles. The quantitative estimate of drug-likeness (QED) is 0.792. The van der Waals surface area contributed by atoms with E-state index in [1.165, 1.54) is 70.2 Å². The molecule has 0 amide bonds. The van der Waals surface area contributed by atoms with Crippen LogP contribution in [0.15, 0.2) is 4.99 Å². The van der Waals surface area contributed by atoms with Crippen molar-refractivity contribution in [2.24, 2.45) is 16.8 Å². The Morgan fingerprint density at radius 1 is 1.06 bits per heavy atom. The maximum atomic E-state index is 4.64. The molecule has 2 nitrogen and oxygen atoms in total. The summed E-state index contributed by atoms with van der Waals surface area (Å²) in [5.74, 6) is 3.21. The maximum absolute atomic E-state index is 4.64. The summed E-state index contributed by atoms with van der Waals surface area (Å²) in [7, 11) is 0. The molecule has 2 heteroatoms. The molecule has 0 atom stereocenters. The highest BCUT2D eigenvalue weighted by molar-refractivity contribution is 5.82. The molecule has 0 unspecified atom stereocenters. The minimum atomic E-state index is 0.906. The predicted molar refractivity (Wildman–Crippen MR) is 74.5 cm³/mol. The molecule has 1 fully saturated rings. The standard InChI is InChI=1S/C15H28N2/c1-2-13-7-9-14(10-8-13)12-17-15-6-4-3-5-11-16-15/h13-14H,2-12H2,1H3,(H,16,17). The predicted octanol–water partition coefficient (Wildman–Crippen LogP) is 3.76. The zero-order valence-corrected chi connectivity index (χ0v) is 11.4. The average molecular weight is 236 g/mol. The fraction of sp³-hybridized carbons (Fsp3) is 0.933. The van der Waals surface area contributed by atoms with Crippen molar-refractivity contribution in [2.75, 3.05) is 13.1 Å². The van der Waals surface area contributed by atoms with Crippen LogP contribution in [0, 0.1) is 11.8 Å². The minimum absolute atomic E-state index is 0.906. The van der Waals surface area contributed by atoms with Gasteiger partial charge in [-0.15, -0.1) is 0 Å². The van der Waals surface area contributed by atoms with Gasteiger partial charge in [-0.25, -0.2) is 0 Å². The first-order valence-corrected chi connectivity index (χ1v) is 7.65. The molecule has 1 saturated carbocycles. The topological polar surface area (TPSA) is 24.4 Å². The van der Waals surface area contributed by atoms with Gasteiger partial charge < -0.3 is 5.32 Å². The van der Waals surface area contributed by atoms with Gasteiger partial charge in [0, 0.05) is 19.5 Å². The van der Waals surface area contributed by atoms with Gasteiger partial charge in [0.25, 0.3) is 0 Å². The van der Waals surface area contributed by atoms with Gasteiger partial charge in [-0.3, -0.25) is 4.99 Å². The molecule has 17 heavy (non-hydrogen) atoms. The molecule has 1 aliphatic carbocycles. The summed E-state index contributed by atoms with van der Waals surface area (Å²) >= 11 is 0. The number of aliphatic imine (C=N–C) groups is 1. The van der Waals surface area contributed by atoms with Gasteiger partial charge in [-0.05, 0) is 37.5 Å². The third-order valence-corrected chi connectivity index (χ3v) is 4.51. The van der Waals surface area contributed by atoms with Gasteiger partial charge in [0.15, 0.2) is 0 Å². The third kappa shape index (κ3) is 4.33. The Morgan fingerprint density at radius 2 is 1.82 bits per heavy atom. The molecular weight excluding hydrogens is 208 g/mol. The average Bonchev–Trinajstić information content (AvgIpc) is 2.65. The van der Waals surface area contributed by atoms with Crippen molar-refractivity contribution in [2.45, 2.75) is 64.7 Å². The van der Waals surface area contributed by atoms with Crippen LogP contribution in [0.5, 0.6) is 0 Å². The van der Waals surface area contributed by atoms with E-state index in [2.05, 4.69) is 17.2 Å². The van der Waals surface area contributed by atoms with E-state index < -0.39 is 0 Å². The molecule has 1 aliphatic heterocycles. The lowest BCUT2D eigenvalue weighted by molar-refractivity contribution is 0.269. The lowest BCUT2D eigenvalue weighted by atomic mass is 9.81. The number of amidine groups is 1. The molecule has 98 valence electrons. The Kier molecular flexibility index (Phi) is 5.34. The van der Waals surface area contributed by atoms with Crippen LogP contribution in [-0.4, -0.2) is 18.9 Å². The highest BCUT2D eigenvalue weighted by atomic mass is 15.0. The van der Waals surface area contributed by atoms with Crippen molar-refractivity contribution >= 4 is 5.84 Å². The number of hydrogen-bond acceptors (Lipinski definition) is 2. The van der Waals surface area contributed by atoms with Crippen molar-refractivity contribution < 1.29 is 0 Å². The van der Waals surface area contributed by atoms with Crippen LogP contribution in [0.25, 0.3) is 0 Å². The summed E-state index contributed by atoms with van der Waals surface area (Å²) in [6, 6.07) is 0. The normalized spacial score (nSPS) is 30.5. The van der Waals surface area contributed by atoms with Gasteiger partial charge in [-0.1, -0.05) is 32.6 Å². The number of nitrogens with zero attached hydrogens (tertiary/aromatic N) is 1. The highest BCUT2D eigenvalue weighted by Gasteiger charge is 2.19. The second kappa shape index (κ2) is 7.03. The molecule has 0 aromatic carbocycles. The van der Waals surface area contributed by atoms with Crippen LogP contribution in [-0.2, 0) is 0 Å². The molecule has 0 aromatic rings. The van der Waals surface area contributed by atoms with Crippen LogP contribution < -0.4 is 5.32 Å². The van der Waals surface area contributed by atoms with Crippen LogP contribution in [0.2, 0.25) is 0 Å². The summed E-state index contributed by atoms with van der Waals surface area (Å²) in [5, 5.41) is 3.61. The van der Waals surface area contributed by atoms with Gasteiger partial charge >= 0.3 is 0 Å². The van der Waals surface area contributed by atoms with Crippen molar-refractivity contribution in [1.82, 2.24) is 5.32 Å². The summed E-state index contributed by atoms with van der Waals surface area (Å²) in [6.07, 6.45) is 12.3. The molecule has 2 rings (SSSR count). The molecule has 0 saturated heterocycles. The fourth-order valence-electron chi connectivity index (χ4n) is 3.12. The first-order valence-electron chi connectivity index (χ1n) is 7.65. The largest absolute Gasteiger partial charge is 0.374 e. The molecule has 1 N–H and O–H groups in total. The molecular formula is C15H28N2. The van der Waals surface area contributed by atoms with Gasteiger partial charge in [0.2, 0.25) is 0 Å². The second-order valence-electron chi connectivity index (χ2n) is 5.81. The molecule has 1 heterocycles. The first kappa shape index (κ1) is 12.9. The Morgan fingerprint density at radius 3 is 2.59 bits per heavy atom. The number of hydrogen-bond donors (Lipinski definition) is 1. The van der Waals surface area contributed by atoms with Crippen LogP contribution >= 0.6 is 0 Å². The lowest BCUT2D eigenvalue weighted by Crippen LogP contribution is -2.31. The smallest absolute Gasteiger partial charge is 0.0963 e. The van der Waals surface area contributed by atoms with E-state index in [0.29, 0.717) is 0 Å². The Balaban J connectivity index is 1.66. The van der Waals surface area contributed by atoms with Crippen LogP contribution in [0.4, 0.5) is 0 Å². The Bertz CT molecular complexity index is 239. The van der Waals surface area contributed by atoms with E-state index in [9.17, 15) is 0 Å². The van der Waals surface area contributed by atoms with E-state index in [0.717, 1.165) is 18.4 Å². The van der Waals surface area contributed by atoms with E-state index in [1.54, 1.807) is 0 Å². The summed E-state index contributed by atoms with van der Waals surface area (Å²) in [5.41, 5.74) is 0. The monoisotopic (exact) mass is 236 g/mol. The zero-order valence-electron chi connectivity index (χ0n) is 11.4. The number of nitrogens with one attached hydrogen (secondary N) is 1. The van der Waals surface area contributed by atoms with E-state index >= 15 is 0 Å². The molecule has 0 spiro atoms. The van der Waals surface area contributed by atoms with Gasteiger partial charge in [-0.2, -0.15) is 0 Å². The van der Waals surface area contributed by atoms with Crippen LogP contribution in [0.3, 0.4) is 0 Å². The van der Waals surface area contributed by atoms with Crippen molar-refractivity contribution in [1.29, 1.82) is 0 Å². The Hall–Kier alpha value is -0.530.